The fourth-order valence-corrected chi connectivity index (χ4v) is 7.63. The van der Waals surface area contributed by atoms with Crippen molar-refractivity contribution < 1.29 is 55.0 Å². The molecule has 4 rings (SSSR count). The SMILES string of the molecule is COc1cc2c(cc1OCCCOc1cc3cc(C(=O)C[C@H](C)C(=O)NS(=O)(=O)N(C)C)sc3cc1OC)CN(C(=O)C[C@H](C)C(=O)NS(=O)(=O)N(C)C)C2. The molecule has 20 heteroatoms. The van der Waals surface area contributed by atoms with Crippen molar-refractivity contribution in [2.24, 2.45) is 11.8 Å². The molecule has 2 atom stereocenters. The van der Waals surface area contributed by atoms with Crippen LogP contribution in [0.4, 0.5) is 0 Å². The van der Waals surface area contributed by atoms with Crippen LogP contribution in [-0.4, -0.2) is 109 Å². The number of benzene rings is 2. The van der Waals surface area contributed by atoms with E-state index in [1.54, 1.807) is 29.2 Å². The molecule has 55 heavy (non-hydrogen) atoms. The Kier molecular flexibility index (Phi) is 14.1. The van der Waals surface area contributed by atoms with E-state index in [9.17, 15) is 36.0 Å². The maximum Gasteiger partial charge on any atom is 0.303 e. The van der Waals surface area contributed by atoms with Crippen LogP contribution < -0.4 is 28.4 Å². The van der Waals surface area contributed by atoms with Crippen molar-refractivity contribution in [2.45, 2.75) is 46.2 Å². The topological polar surface area (TPSA) is 207 Å². The van der Waals surface area contributed by atoms with Gasteiger partial charge in [0.2, 0.25) is 17.7 Å². The lowest BCUT2D eigenvalue weighted by Gasteiger charge is -2.19. The Balaban J connectivity index is 1.31. The zero-order valence-electron chi connectivity index (χ0n) is 32.0. The van der Waals surface area contributed by atoms with E-state index < -0.39 is 44.1 Å². The van der Waals surface area contributed by atoms with Gasteiger partial charge >= 0.3 is 20.4 Å². The molecule has 1 aliphatic rings. The summed E-state index contributed by atoms with van der Waals surface area (Å²) >= 11 is 1.23. The quantitative estimate of drug-likeness (QED) is 0.132. The molecule has 2 aromatic carbocycles. The predicted octanol–water partition coefficient (Wildman–Crippen LogP) is 2.69. The summed E-state index contributed by atoms with van der Waals surface area (Å²) in [4.78, 5) is 52.9. The maximum absolute atomic E-state index is 13.0. The van der Waals surface area contributed by atoms with Crippen LogP contribution >= 0.6 is 11.3 Å². The van der Waals surface area contributed by atoms with Crippen LogP contribution in [-0.2, 0) is 47.9 Å². The molecule has 0 saturated carbocycles. The van der Waals surface area contributed by atoms with E-state index in [0.717, 1.165) is 29.8 Å². The van der Waals surface area contributed by atoms with Crippen LogP contribution in [0.15, 0.2) is 30.3 Å². The molecule has 0 spiro atoms. The molecular weight excluding hydrogens is 779 g/mol. The number of ketones is 1. The van der Waals surface area contributed by atoms with E-state index in [2.05, 4.69) is 0 Å². The molecule has 0 radical (unpaired) electrons. The van der Waals surface area contributed by atoms with E-state index in [-0.39, 0.29) is 44.3 Å². The number of hydrogen-bond donors (Lipinski definition) is 2. The summed E-state index contributed by atoms with van der Waals surface area (Å²) in [6.07, 6.45) is 0.131. The Morgan fingerprint density at radius 1 is 0.727 bits per heavy atom. The first-order valence-corrected chi connectivity index (χ1v) is 20.8. The van der Waals surface area contributed by atoms with E-state index in [4.69, 9.17) is 18.9 Å². The van der Waals surface area contributed by atoms with Gasteiger partial charge in [0.05, 0.1) is 32.3 Å². The monoisotopic (exact) mass is 825 g/mol. The number of nitrogens with one attached hydrogen (secondary N) is 2. The number of thiophene rings is 1. The number of amides is 3. The molecule has 1 aliphatic heterocycles. The number of carbonyl (C=O) groups excluding carboxylic acids is 4. The number of fused-ring (bicyclic) bond motifs is 2. The first kappa shape index (κ1) is 43.2. The highest BCUT2D eigenvalue weighted by atomic mass is 32.2. The number of nitrogens with zero attached hydrogens (tertiary/aromatic N) is 3. The zero-order chi connectivity index (χ0) is 40.8. The molecular formula is C35H47N5O12S3. The van der Waals surface area contributed by atoms with Gasteiger partial charge in [-0.2, -0.15) is 25.4 Å². The van der Waals surface area contributed by atoms with Crippen molar-refractivity contribution in [3.05, 3.63) is 46.3 Å². The van der Waals surface area contributed by atoms with Gasteiger partial charge in [-0.1, -0.05) is 13.8 Å². The third-order valence-corrected chi connectivity index (χ3v) is 12.7. The van der Waals surface area contributed by atoms with Crippen LogP contribution in [0.3, 0.4) is 0 Å². The average Bonchev–Trinajstić information content (AvgIpc) is 3.73. The maximum atomic E-state index is 13.0. The Hall–Kier alpha value is -4.50. The Morgan fingerprint density at radius 3 is 1.71 bits per heavy atom. The number of ether oxygens (including phenoxy) is 4. The molecule has 2 heterocycles. The number of rotatable bonds is 19. The van der Waals surface area contributed by atoms with E-state index >= 15 is 0 Å². The molecule has 302 valence electrons. The lowest BCUT2D eigenvalue weighted by Crippen LogP contribution is -2.42. The first-order chi connectivity index (χ1) is 25.8. The van der Waals surface area contributed by atoms with Crippen molar-refractivity contribution in [2.75, 3.05) is 55.6 Å². The van der Waals surface area contributed by atoms with Crippen LogP contribution in [0.5, 0.6) is 23.0 Å². The molecule has 0 unspecified atom stereocenters. The second-order valence-electron chi connectivity index (χ2n) is 13.4. The molecule has 0 aliphatic carbocycles. The zero-order valence-corrected chi connectivity index (χ0v) is 34.4. The highest BCUT2D eigenvalue weighted by Gasteiger charge is 2.30. The minimum atomic E-state index is -3.97. The normalized spacial score (nSPS) is 14.0. The standard InChI is InChI=1S/C35H47N5O12S3/c1-21(34(43)36-54(45,46)38(3)4)12-26(41)32-17-23-14-29(28(50-8)18-31(23)53-32)51-10-9-11-52-30-16-25-20-40(19-24(25)15-27(30)49-7)33(42)13-22(2)35(44)37-55(47,48)39(5)6/h14-18,21-22H,9-13,19-20H2,1-8H3,(H,36,43)(H,37,44)/t21-,22-/m0/s1. The second kappa shape index (κ2) is 18.0. The molecule has 3 amide bonds. The van der Waals surface area contributed by atoms with Gasteiger partial charge in [-0.05, 0) is 40.8 Å². The summed E-state index contributed by atoms with van der Waals surface area (Å²) in [5, 5.41) is 0.734. The highest BCUT2D eigenvalue weighted by molar-refractivity contribution is 7.87. The Bertz CT molecular complexity index is 2150. The first-order valence-electron chi connectivity index (χ1n) is 17.1. The average molecular weight is 826 g/mol. The molecule has 0 bridgehead atoms. The van der Waals surface area contributed by atoms with E-state index in [0.29, 0.717) is 40.8 Å². The molecule has 3 aromatic rings. The van der Waals surface area contributed by atoms with Crippen molar-refractivity contribution >= 4 is 65.3 Å². The smallest absolute Gasteiger partial charge is 0.303 e. The van der Waals surface area contributed by atoms with Gasteiger partial charge < -0.3 is 23.8 Å². The van der Waals surface area contributed by atoms with Gasteiger partial charge in [0, 0.05) is 83.1 Å². The second-order valence-corrected chi connectivity index (χ2v) is 18.2. The predicted molar refractivity (Wildman–Crippen MR) is 205 cm³/mol. The van der Waals surface area contributed by atoms with Gasteiger partial charge in [0.15, 0.2) is 28.8 Å². The third kappa shape index (κ3) is 10.8. The number of hydrogen-bond acceptors (Lipinski definition) is 13. The van der Waals surface area contributed by atoms with Crippen molar-refractivity contribution in [3.8, 4) is 23.0 Å². The number of methoxy groups -OCH3 is 2. The lowest BCUT2D eigenvalue weighted by molar-refractivity contribution is -0.136. The summed E-state index contributed by atoms with van der Waals surface area (Å²) < 4.78 is 77.6. The van der Waals surface area contributed by atoms with Gasteiger partial charge in [0.1, 0.15) is 0 Å². The number of Topliss-reactive ketones (excluding diaryl/α,β-unsaturated/α-hetero) is 1. The van der Waals surface area contributed by atoms with Crippen molar-refractivity contribution in [1.29, 1.82) is 0 Å². The summed E-state index contributed by atoms with van der Waals surface area (Å²) in [6.45, 7) is 4.10. The van der Waals surface area contributed by atoms with Gasteiger partial charge in [-0.25, -0.2) is 9.44 Å². The highest BCUT2D eigenvalue weighted by Crippen LogP contribution is 2.38. The fraction of sp³-hybridized carbons (Fsp3) is 0.486. The van der Waals surface area contributed by atoms with Crippen LogP contribution in [0.2, 0.25) is 0 Å². The van der Waals surface area contributed by atoms with Crippen molar-refractivity contribution in [1.82, 2.24) is 23.0 Å². The van der Waals surface area contributed by atoms with Gasteiger partial charge in [-0.15, -0.1) is 11.3 Å². The summed E-state index contributed by atoms with van der Waals surface area (Å²) in [5.41, 5.74) is 1.72. The Labute approximate surface area is 325 Å². The van der Waals surface area contributed by atoms with E-state index in [1.807, 2.05) is 15.5 Å². The summed E-state index contributed by atoms with van der Waals surface area (Å²) in [7, 11) is 0.250. The van der Waals surface area contributed by atoms with E-state index in [1.165, 1.54) is 67.6 Å². The van der Waals surface area contributed by atoms with Gasteiger partial charge in [0.25, 0.3) is 0 Å². The van der Waals surface area contributed by atoms with Gasteiger partial charge in [-0.3, -0.25) is 19.2 Å². The lowest BCUT2D eigenvalue weighted by atomic mass is 10.0. The van der Waals surface area contributed by atoms with Crippen LogP contribution in [0, 0.1) is 11.8 Å². The van der Waals surface area contributed by atoms with Crippen LogP contribution in [0.25, 0.3) is 10.1 Å². The summed E-state index contributed by atoms with van der Waals surface area (Å²) in [6, 6.07) is 8.84. The molecule has 2 N–H and O–H groups in total. The van der Waals surface area contributed by atoms with Crippen molar-refractivity contribution in [3.63, 3.8) is 0 Å². The Morgan fingerprint density at radius 2 is 1.20 bits per heavy atom. The molecule has 0 fully saturated rings. The largest absolute Gasteiger partial charge is 0.493 e. The minimum absolute atomic E-state index is 0.167. The fourth-order valence-electron chi connectivity index (χ4n) is 5.33. The van der Waals surface area contributed by atoms with Crippen LogP contribution in [0.1, 0.15) is 53.9 Å². The third-order valence-electron chi connectivity index (χ3n) is 8.73. The molecule has 0 saturated heterocycles. The number of carbonyl (C=O) groups is 4. The molecule has 1 aromatic heterocycles. The molecule has 17 nitrogen and oxygen atoms in total. The summed E-state index contributed by atoms with van der Waals surface area (Å²) in [5.74, 6) is -1.99. The minimum Gasteiger partial charge on any atom is -0.493 e.